The van der Waals surface area contributed by atoms with Crippen molar-refractivity contribution in [3.05, 3.63) is 54.1 Å². The maximum absolute atomic E-state index is 6.28. The van der Waals surface area contributed by atoms with Crippen LogP contribution in [0.4, 0.5) is 11.4 Å². The molecule has 0 bridgehead atoms. The van der Waals surface area contributed by atoms with E-state index in [1.807, 2.05) is 44.3 Å². The zero-order valence-corrected chi connectivity index (χ0v) is 11.6. The first-order chi connectivity index (χ1) is 9.66. The van der Waals surface area contributed by atoms with Gasteiger partial charge >= 0.3 is 0 Å². The van der Waals surface area contributed by atoms with E-state index in [1.165, 1.54) is 0 Å². The molecule has 2 heterocycles. The second-order valence-electron chi connectivity index (χ2n) is 4.93. The third-order valence-corrected chi connectivity index (χ3v) is 3.59. The van der Waals surface area contributed by atoms with Crippen LogP contribution in [0.3, 0.4) is 0 Å². The van der Waals surface area contributed by atoms with E-state index in [4.69, 9.17) is 10.2 Å². The maximum Gasteiger partial charge on any atom is 0.105 e. The summed E-state index contributed by atoms with van der Waals surface area (Å²) in [5.41, 5.74) is 10.1. The van der Waals surface area contributed by atoms with Crippen LogP contribution >= 0.6 is 0 Å². The molecule has 0 aliphatic carbocycles. The van der Waals surface area contributed by atoms with E-state index >= 15 is 0 Å². The number of hydrogen-bond acceptors (Lipinski definition) is 4. The van der Waals surface area contributed by atoms with Crippen molar-refractivity contribution in [2.24, 2.45) is 0 Å². The van der Waals surface area contributed by atoms with E-state index in [2.05, 4.69) is 9.88 Å². The van der Waals surface area contributed by atoms with Gasteiger partial charge in [-0.15, -0.1) is 0 Å². The quantitative estimate of drug-likeness (QED) is 0.739. The average Bonchev–Trinajstić information content (AvgIpc) is 2.85. The smallest absolute Gasteiger partial charge is 0.105 e. The van der Waals surface area contributed by atoms with Crippen molar-refractivity contribution >= 4 is 22.3 Å². The summed E-state index contributed by atoms with van der Waals surface area (Å²) in [6.07, 6.45) is 3.49. The lowest BCUT2D eigenvalue weighted by Crippen LogP contribution is -2.18. The number of benzene rings is 1. The first-order valence-electron chi connectivity index (χ1n) is 6.54. The molecule has 0 unspecified atom stereocenters. The molecule has 0 aliphatic rings. The van der Waals surface area contributed by atoms with Crippen molar-refractivity contribution < 1.29 is 4.42 Å². The predicted molar refractivity (Wildman–Crippen MR) is 81.7 cm³/mol. The van der Waals surface area contributed by atoms with Gasteiger partial charge in [-0.3, -0.25) is 4.98 Å². The first kappa shape index (κ1) is 12.5. The molecule has 1 aromatic carbocycles. The highest BCUT2D eigenvalue weighted by Crippen LogP contribution is 2.30. The number of aryl methyl sites for hydroxylation is 1. The topological polar surface area (TPSA) is 55.3 Å². The van der Waals surface area contributed by atoms with Crippen molar-refractivity contribution in [1.82, 2.24) is 4.98 Å². The number of anilines is 2. The Kier molecular flexibility index (Phi) is 3.06. The molecule has 0 fully saturated rings. The average molecular weight is 267 g/mol. The van der Waals surface area contributed by atoms with Gasteiger partial charge in [-0.2, -0.15) is 0 Å². The molecule has 0 saturated carbocycles. The van der Waals surface area contributed by atoms with Gasteiger partial charge in [0, 0.05) is 30.7 Å². The lowest BCUT2D eigenvalue weighted by Gasteiger charge is -2.21. The number of aromatic nitrogens is 1. The molecule has 0 aliphatic heterocycles. The van der Waals surface area contributed by atoms with Crippen molar-refractivity contribution in [3.8, 4) is 0 Å². The highest BCUT2D eigenvalue weighted by Gasteiger charge is 2.11. The fourth-order valence-corrected chi connectivity index (χ4v) is 2.41. The summed E-state index contributed by atoms with van der Waals surface area (Å²) in [6, 6.07) is 9.91. The summed E-state index contributed by atoms with van der Waals surface area (Å²) < 4.78 is 5.33. The van der Waals surface area contributed by atoms with E-state index in [9.17, 15) is 0 Å². The molecule has 0 radical (unpaired) electrons. The van der Waals surface area contributed by atoms with Gasteiger partial charge in [0.2, 0.25) is 0 Å². The van der Waals surface area contributed by atoms with Gasteiger partial charge in [0.1, 0.15) is 5.76 Å². The van der Waals surface area contributed by atoms with Crippen LogP contribution in [0.5, 0.6) is 0 Å². The van der Waals surface area contributed by atoms with Crippen molar-refractivity contribution in [2.45, 2.75) is 13.5 Å². The molecule has 3 rings (SSSR count). The van der Waals surface area contributed by atoms with E-state index in [0.717, 1.165) is 40.1 Å². The second-order valence-corrected chi connectivity index (χ2v) is 4.93. The van der Waals surface area contributed by atoms with E-state index < -0.39 is 0 Å². The van der Waals surface area contributed by atoms with Crippen molar-refractivity contribution in [1.29, 1.82) is 0 Å². The van der Waals surface area contributed by atoms with Crippen LogP contribution in [0.15, 0.2) is 47.2 Å². The van der Waals surface area contributed by atoms with Crippen molar-refractivity contribution in [3.63, 3.8) is 0 Å². The third-order valence-electron chi connectivity index (χ3n) is 3.59. The summed E-state index contributed by atoms with van der Waals surface area (Å²) in [5.74, 6) is 0.942. The minimum Gasteiger partial charge on any atom is -0.469 e. The lowest BCUT2D eigenvalue weighted by atomic mass is 10.1. The predicted octanol–water partition coefficient (Wildman–Crippen LogP) is 3.35. The Bertz CT molecular complexity index is 748. The van der Waals surface area contributed by atoms with E-state index in [1.54, 1.807) is 12.5 Å². The van der Waals surface area contributed by atoms with Crippen LogP contribution in [0.25, 0.3) is 10.9 Å². The Morgan fingerprint density at radius 1 is 1.25 bits per heavy atom. The SMILES string of the molecule is Cc1occc1CN(C)c1ccc2ncccc2c1N. The zero-order chi connectivity index (χ0) is 14.1. The van der Waals surface area contributed by atoms with Crippen LogP contribution < -0.4 is 10.6 Å². The Morgan fingerprint density at radius 3 is 2.85 bits per heavy atom. The molecule has 3 aromatic rings. The Morgan fingerprint density at radius 2 is 2.10 bits per heavy atom. The van der Waals surface area contributed by atoms with Gasteiger partial charge in [-0.1, -0.05) is 0 Å². The van der Waals surface area contributed by atoms with Gasteiger partial charge in [0.15, 0.2) is 0 Å². The standard InChI is InChI=1S/C16H17N3O/c1-11-12(7-9-20-11)10-19(2)15-6-5-14-13(16(15)17)4-3-8-18-14/h3-9H,10,17H2,1-2H3. The number of fused-ring (bicyclic) bond motifs is 1. The zero-order valence-electron chi connectivity index (χ0n) is 11.6. The molecule has 102 valence electrons. The summed E-state index contributed by atoms with van der Waals surface area (Å²) in [6.45, 7) is 2.73. The molecular formula is C16H17N3O. The number of nitrogens with zero attached hydrogens (tertiary/aromatic N) is 2. The molecular weight excluding hydrogens is 250 g/mol. The molecule has 0 saturated heterocycles. The minimum atomic E-state index is 0.762. The van der Waals surface area contributed by atoms with Crippen LogP contribution in [-0.2, 0) is 6.54 Å². The summed E-state index contributed by atoms with van der Waals surface area (Å²) >= 11 is 0. The van der Waals surface area contributed by atoms with Gasteiger partial charge in [-0.25, -0.2) is 0 Å². The molecule has 0 spiro atoms. The first-order valence-corrected chi connectivity index (χ1v) is 6.54. The number of hydrogen-bond donors (Lipinski definition) is 1. The maximum atomic E-state index is 6.28. The van der Waals surface area contributed by atoms with Gasteiger partial charge < -0.3 is 15.1 Å². The Labute approximate surface area is 117 Å². The van der Waals surface area contributed by atoms with Gasteiger partial charge in [-0.05, 0) is 37.3 Å². The van der Waals surface area contributed by atoms with Crippen molar-refractivity contribution in [2.75, 3.05) is 17.7 Å². The van der Waals surface area contributed by atoms with Crippen LogP contribution in [0.2, 0.25) is 0 Å². The summed E-state index contributed by atoms with van der Waals surface area (Å²) in [7, 11) is 2.03. The Hall–Kier alpha value is -2.49. The monoisotopic (exact) mass is 267 g/mol. The molecule has 20 heavy (non-hydrogen) atoms. The summed E-state index contributed by atoms with van der Waals surface area (Å²) in [4.78, 5) is 6.44. The highest BCUT2D eigenvalue weighted by atomic mass is 16.3. The molecule has 2 aromatic heterocycles. The number of nitrogens with two attached hydrogens (primary N) is 1. The highest BCUT2D eigenvalue weighted by molar-refractivity contribution is 5.97. The second kappa shape index (κ2) is 4.89. The number of furan rings is 1. The summed E-state index contributed by atoms with van der Waals surface area (Å²) in [5, 5.41) is 0.987. The van der Waals surface area contributed by atoms with Crippen LogP contribution in [0, 0.1) is 6.92 Å². The molecule has 0 amide bonds. The fourth-order valence-electron chi connectivity index (χ4n) is 2.41. The molecule has 4 nitrogen and oxygen atoms in total. The van der Waals surface area contributed by atoms with E-state index in [0.29, 0.717) is 0 Å². The Balaban J connectivity index is 1.97. The molecule has 0 atom stereocenters. The van der Waals surface area contributed by atoms with Crippen LogP contribution in [0.1, 0.15) is 11.3 Å². The van der Waals surface area contributed by atoms with E-state index in [-0.39, 0.29) is 0 Å². The van der Waals surface area contributed by atoms with Gasteiger partial charge in [0.25, 0.3) is 0 Å². The largest absolute Gasteiger partial charge is 0.469 e. The fraction of sp³-hybridized carbons (Fsp3) is 0.188. The molecule has 2 N–H and O–H groups in total. The normalized spacial score (nSPS) is 10.9. The number of nitrogen functional groups attached to an aromatic ring is 1. The third kappa shape index (κ3) is 2.09. The number of pyridine rings is 1. The minimum absolute atomic E-state index is 0.762. The number of rotatable bonds is 3. The van der Waals surface area contributed by atoms with Crippen LogP contribution in [-0.4, -0.2) is 12.0 Å². The lowest BCUT2D eigenvalue weighted by molar-refractivity contribution is 0.529. The molecule has 4 heteroatoms. The van der Waals surface area contributed by atoms with Gasteiger partial charge in [0.05, 0.1) is 23.2 Å².